The van der Waals surface area contributed by atoms with Crippen LogP contribution in [0.3, 0.4) is 0 Å². The first-order chi connectivity index (χ1) is 7.72. The summed E-state index contributed by atoms with van der Waals surface area (Å²) < 4.78 is 5.09. The quantitative estimate of drug-likeness (QED) is 0.800. The molecule has 0 aliphatic carbocycles. The van der Waals surface area contributed by atoms with Crippen molar-refractivity contribution in [3.8, 4) is 0 Å². The number of aliphatic hydroxyl groups is 1. The van der Waals surface area contributed by atoms with Crippen LogP contribution in [0, 0.1) is 5.92 Å². The number of hydrogen-bond donors (Lipinski definition) is 1. The van der Waals surface area contributed by atoms with Crippen LogP contribution in [0.5, 0.6) is 0 Å². The zero-order valence-corrected chi connectivity index (χ0v) is 10.4. The highest BCUT2D eigenvalue weighted by atomic mass is 16.5. The van der Waals surface area contributed by atoms with Gasteiger partial charge < -0.3 is 9.84 Å². The molecule has 16 heavy (non-hydrogen) atoms. The fourth-order valence-electron chi connectivity index (χ4n) is 2.04. The highest BCUT2D eigenvalue weighted by Gasteiger charge is 2.17. The Morgan fingerprint density at radius 2 is 1.94 bits per heavy atom. The lowest BCUT2D eigenvalue weighted by Gasteiger charge is -2.20. The van der Waals surface area contributed by atoms with Crippen molar-refractivity contribution in [2.75, 3.05) is 7.11 Å². The molecule has 1 N–H and O–H groups in total. The molecule has 2 nitrogen and oxygen atoms in total. The number of benzene rings is 1. The van der Waals surface area contributed by atoms with Gasteiger partial charge in [0.05, 0.1) is 12.7 Å². The van der Waals surface area contributed by atoms with Gasteiger partial charge in [-0.2, -0.15) is 0 Å². The Bertz CT molecular complexity index is 305. The minimum absolute atomic E-state index is 0.345. The zero-order chi connectivity index (χ0) is 12.0. The molecule has 90 valence electrons. The molecule has 1 aromatic rings. The second-order valence-electron chi connectivity index (χ2n) is 4.20. The van der Waals surface area contributed by atoms with Crippen molar-refractivity contribution < 1.29 is 9.84 Å². The molecule has 1 rings (SSSR count). The summed E-state index contributed by atoms with van der Waals surface area (Å²) in [5.74, 6) is 0.345. The van der Waals surface area contributed by atoms with Gasteiger partial charge in [-0.15, -0.1) is 0 Å². The number of methoxy groups -OCH3 is 1. The first-order valence-electron chi connectivity index (χ1n) is 5.98. The third-order valence-corrected chi connectivity index (χ3v) is 3.10. The van der Waals surface area contributed by atoms with Crippen LogP contribution in [-0.4, -0.2) is 12.2 Å². The van der Waals surface area contributed by atoms with E-state index in [9.17, 15) is 5.11 Å². The molecule has 1 unspecified atom stereocenters. The third-order valence-electron chi connectivity index (χ3n) is 3.10. The lowest BCUT2D eigenvalue weighted by molar-refractivity contribution is 0.103. The van der Waals surface area contributed by atoms with E-state index in [4.69, 9.17) is 4.74 Å². The Hall–Kier alpha value is -0.860. The van der Waals surface area contributed by atoms with Crippen molar-refractivity contribution in [1.29, 1.82) is 0 Å². The van der Waals surface area contributed by atoms with Gasteiger partial charge in [-0.05, 0) is 17.0 Å². The van der Waals surface area contributed by atoms with Gasteiger partial charge in [0.25, 0.3) is 0 Å². The first kappa shape index (κ1) is 13.2. The lowest BCUT2D eigenvalue weighted by Crippen LogP contribution is -2.11. The van der Waals surface area contributed by atoms with E-state index in [1.54, 1.807) is 7.11 Å². The Kier molecular flexibility index (Phi) is 5.50. The highest BCUT2D eigenvalue weighted by molar-refractivity contribution is 5.25. The van der Waals surface area contributed by atoms with Crippen LogP contribution in [0.25, 0.3) is 0 Å². The molecule has 0 bridgehead atoms. The van der Waals surface area contributed by atoms with Crippen molar-refractivity contribution in [2.24, 2.45) is 5.92 Å². The van der Waals surface area contributed by atoms with E-state index in [1.165, 1.54) is 0 Å². The summed E-state index contributed by atoms with van der Waals surface area (Å²) in [7, 11) is 1.68. The van der Waals surface area contributed by atoms with E-state index in [2.05, 4.69) is 13.8 Å². The van der Waals surface area contributed by atoms with Crippen LogP contribution in [-0.2, 0) is 11.3 Å². The molecule has 0 saturated carbocycles. The van der Waals surface area contributed by atoms with Crippen LogP contribution in [0.1, 0.15) is 43.9 Å². The molecule has 0 heterocycles. The van der Waals surface area contributed by atoms with Gasteiger partial charge in [0.2, 0.25) is 0 Å². The third kappa shape index (κ3) is 3.32. The van der Waals surface area contributed by atoms with Gasteiger partial charge in [0.1, 0.15) is 0 Å². The summed E-state index contributed by atoms with van der Waals surface area (Å²) >= 11 is 0. The predicted molar refractivity (Wildman–Crippen MR) is 66.2 cm³/mol. The molecule has 0 spiro atoms. The Morgan fingerprint density at radius 1 is 1.25 bits per heavy atom. The average Bonchev–Trinajstić information content (AvgIpc) is 2.31. The van der Waals surface area contributed by atoms with Crippen LogP contribution in [0.15, 0.2) is 24.3 Å². The number of rotatable bonds is 6. The van der Waals surface area contributed by atoms with Crippen LogP contribution < -0.4 is 0 Å². The van der Waals surface area contributed by atoms with Crippen molar-refractivity contribution in [1.82, 2.24) is 0 Å². The summed E-state index contributed by atoms with van der Waals surface area (Å²) in [5.41, 5.74) is 2.12. The predicted octanol–water partition coefficient (Wildman–Crippen LogP) is 3.30. The van der Waals surface area contributed by atoms with Gasteiger partial charge in [-0.1, -0.05) is 51.0 Å². The van der Waals surface area contributed by atoms with E-state index >= 15 is 0 Å². The maximum atomic E-state index is 10.2. The van der Waals surface area contributed by atoms with E-state index in [0.717, 1.165) is 24.0 Å². The average molecular weight is 222 g/mol. The van der Waals surface area contributed by atoms with Crippen molar-refractivity contribution in [2.45, 2.75) is 39.4 Å². The fraction of sp³-hybridized carbons (Fsp3) is 0.571. The summed E-state index contributed by atoms with van der Waals surface area (Å²) in [6.07, 6.45) is 1.66. The van der Waals surface area contributed by atoms with Crippen LogP contribution in [0.2, 0.25) is 0 Å². The molecule has 0 fully saturated rings. The van der Waals surface area contributed by atoms with Gasteiger partial charge in [-0.3, -0.25) is 0 Å². The lowest BCUT2D eigenvalue weighted by atomic mass is 9.91. The second-order valence-corrected chi connectivity index (χ2v) is 4.20. The summed E-state index contributed by atoms with van der Waals surface area (Å²) in [6, 6.07) is 8.02. The molecular formula is C14H22O2. The van der Waals surface area contributed by atoms with Gasteiger partial charge in [0.15, 0.2) is 0 Å². The SMILES string of the molecule is CCC(CC)C(O)c1cccc(COC)c1. The van der Waals surface area contributed by atoms with Crippen molar-refractivity contribution in [3.05, 3.63) is 35.4 Å². The number of aliphatic hydroxyl groups excluding tert-OH is 1. The Morgan fingerprint density at radius 3 is 2.50 bits per heavy atom. The second kappa shape index (κ2) is 6.66. The van der Waals surface area contributed by atoms with E-state index < -0.39 is 0 Å². The minimum Gasteiger partial charge on any atom is -0.388 e. The summed E-state index contributed by atoms with van der Waals surface area (Å²) in [4.78, 5) is 0. The van der Waals surface area contributed by atoms with E-state index in [-0.39, 0.29) is 6.10 Å². The summed E-state index contributed by atoms with van der Waals surface area (Å²) in [6.45, 7) is 4.84. The molecule has 1 atom stereocenters. The Balaban J connectivity index is 2.81. The van der Waals surface area contributed by atoms with Crippen LogP contribution >= 0.6 is 0 Å². The zero-order valence-electron chi connectivity index (χ0n) is 10.4. The van der Waals surface area contributed by atoms with Gasteiger partial charge in [-0.25, -0.2) is 0 Å². The van der Waals surface area contributed by atoms with E-state index in [0.29, 0.717) is 12.5 Å². The van der Waals surface area contributed by atoms with E-state index in [1.807, 2.05) is 24.3 Å². The van der Waals surface area contributed by atoms with Crippen LogP contribution in [0.4, 0.5) is 0 Å². The fourth-order valence-corrected chi connectivity index (χ4v) is 2.04. The molecule has 1 aromatic carbocycles. The molecule has 2 heteroatoms. The molecule has 0 aromatic heterocycles. The molecule has 0 radical (unpaired) electrons. The normalized spacial score (nSPS) is 13.1. The number of ether oxygens (including phenoxy) is 1. The first-order valence-corrected chi connectivity index (χ1v) is 5.98. The maximum absolute atomic E-state index is 10.2. The van der Waals surface area contributed by atoms with Gasteiger partial charge >= 0.3 is 0 Å². The molecule has 0 aliphatic heterocycles. The van der Waals surface area contributed by atoms with Gasteiger partial charge in [0, 0.05) is 7.11 Å². The topological polar surface area (TPSA) is 29.5 Å². The smallest absolute Gasteiger partial charge is 0.0818 e. The van der Waals surface area contributed by atoms with Crippen molar-refractivity contribution in [3.63, 3.8) is 0 Å². The van der Waals surface area contributed by atoms with Crippen molar-refractivity contribution >= 4 is 0 Å². The Labute approximate surface area is 98.3 Å². The molecule has 0 amide bonds. The standard InChI is InChI=1S/C14H22O2/c1-4-12(5-2)14(15)13-8-6-7-11(9-13)10-16-3/h6-9,12,14-15H,4-5,10H2,1-3H3. The molecular weight excluding hydrogens is 200 g/mol. The molecule has 0 saturated heterocycles. The summed E-state index contributed by atoms with van der Waals surface area (Å²) in [5, 5.41) is 10.2. The highest BCUT2D eigenvalue weighted by Crippen LogP contribution is 2.27. The minimum atomic E-state index is -0.355. The largest absolute Gasteiger partial charge is 0.388 e. The molecule has 0 aliphatic rings. The number of hydrogen-bond acceptors (Lipinski definition) is 2. The monoisotopic (exact) mass is 222 g/mol. The maximum Gasteiger partial charge on any atom is 0.0818 e.